The van der Waals surface area contributed by atoms with Crippen LogP contribution in [0.5, 0.6) is 0 Å². The molecular formula is C18H11ClS. The number of hydrogen-bond donors (Lipinski definition) is 0. The molecule has 96 valence electrons. The van der Waals surface area contributed by atoms with Crippen molar-refractivity contribution < 1.29 is 0 Å². The van der Waals surface area contributed by atoms with E-state index in [1.54, 1.807) is 0 Å². The second-order valence-corrected chi connectivity index (χ2v) is 6.25. The number of halogens is 1. The number of benzene rings is 3. The van der Waals surface area contributed by atoms with E-state index in [0.29, 0.717) is 0 Å². The number of thiophene rings is 1. The summed E-state index contributed by atoms with van der Waals surface area (Å²) in [5.74, 6) is 0. The van der Waals surface area contributed by atoms with Crippen LogP contribution in [-0.2, 0) is 0 Å². The summed E-state index contributed by atoms with van der Waals surface area (Å²) in [6.07, 6.45) is 0. The van der Waals surface area contributed by atoms with Crippen molar-refractivity contribution >= 4 is 43.1 Å². The van der Waals surface area contributed by atoms with E-state index in [2.05, 4.69) is 48.5 Å². The van der Waals surface area contributed by atoms with Crippen LogP contribution < -0.4 is 0 Å². The second kappa shape index (κ2) is 4.62. The van der Waals surface area contributed by atoms with Crippen molar-refractivity contribution in [2.24, 2.45) is 0 Å². The fourth-order valence-corrected chi connectivity index (χ4v) is 4.05. The maximum atomic E-state index is 6.38. The van der Waals surface area contributed by atoms with Crippen LogP contribution in [0.4, 0.5) is 0 Å². The molecule has 4 aromatic rings. The van der Waals surface area contributed by atoms with E-state index in [9.17, 15) is 0 Å². The minimum Gasteiger partial charge on any atom is -0.135 e. The highest BCUT2D eigenvalue weighted by Gasteiger charge is 2.11. The van der Waals surface area contributed by atoms with Crippen LogP contribution in [0.15, 0.2) is 66.7 Å². The van der Waals surface area contributed by atoms with Crippen LogP contribution in [-0.4, -0.2) is 0 Å². The predicted molar refractivity (Wildman–Crippen MR) is 89.8 cm³/mol. The SMILES string of the molecule is Clc1ccccc1-c1cccc2sc3ccccc3c12. The summed E-state index contributed by atoms with van der Waals surface area (Å²) in [4.78, 5) is 0. The minimum absolute atomic E-state index is 0.801. The van der Waals surface area contributed by atoms with Gasteiger partial charge in [0.05, 0.1) is 0 Å². The van der Waals surface area contributed by atoms with Crippen LogP contribution in [0, 0.1) is 0 Å². The Balaban J connectivity index is 2.17. The fraction of sp³-hybridized carbons (Fsp3) is 0. The van der Waals surface area contributed by atoms with Crippen molar-refractivity contribution in [1.29, 1.82) is 0 Å². The van der Waals surface area contributed by atoms with Gasteiger partial charge in [-0.2, -0.15) is 0 Å². The van der Waals surface area contributed by atoms with Gasteiger partial charge < -0.3 is 0 Å². The van der Waals surface area contributed by atoms with E-state index in [4.69, 9.17) is 11.6 Å². The maximum absolute atomic E-state index is 6.38. The van der Waals surface area contributed by atoms with E-state index < -0.39 is 0 Å². The van der Waals surface area contributed by atoms with Crippen LogP contribution in [0.25, 0.3) is 31.3 Å². The predicted octanol–water partition coefficient (Wildman–Crippen LogP) is 6.37. The van der Waals surface area contributed by atoms with Gasteiger partial charge in [-0.15, -0.1) is 11.3 Å². The topological polar surface area (TPSA) is 0 Å². The van der Waals surface area contributed by atoms with Crippen molar-refractivity contribution in [3.8, 4) is 11.1 Å². The lowest BCUT2D eigenvalue weighted by molar-refractivity contribution is 1.67. The van der Waals surface area contributed by atoms with E-state index in [-0.39, 0.29) is 0 Å². The minimum atomic E-state index is 0.801. The van der Waals surface area contributed by atoms with E-state index >= 15 is 0 Å². The van der Waals surface area contributed by atoms with Crippen LogP contribution in [0.1, 0.15) is 0 Å². The zero-order valence-electron chi connectivity index (χ0n) is 10.6. The van der Waals surface area contributed by atoms with Gasteiger partial charge in [0.2, 0.25) is 0 Å². The third kappa shape index (κ3) is 1.75. The van der Waals surface area contributed by atoms with Crippen LogP contribution in [0.2, 0.25) is 5.02 Å². The van der Waals surface area contributed by atoms with Gasteiger partial charge in [0.15, 0.2) is 0 Å². The van der Waals surface area contributed by atoms with Gasteiger partial charge in [0.1, 0.15) is 0 Å². The Morgan fingerprint density at radius 2 is 1.35 bits per heavy atom. The molecule has 0 amide bonds. The average Bonchev–Trinajstić information content (AvgIpc) is 2.86. The fourth-order valence-electron chi connectivity index (χ4n) is 2.68. The van der Waals surface area contributed by atoms with Gasteiger partial charge in [-0.3, -0.25) is 0 Å². The lowest BCUT2D eigenvalue weighted by atomic mass is 9.99. The smallest absolute Gasteiger partial charge is 0.0484 e. The number of fused-ring (bicyclic) bond motifs is 3. The number of hydrogen-bond acceptors (Lipinski definition) is 1. The molecule has 0 nitrogen and oxygen atoms in total. The van der Waals surface area contributed by atoms with Gasteiger partial charge >= 0.3 is 0 Å². The Hall–Kier alpha value is -1.83. The van der Waals surface area contributed by atoms with Crippen molar-refractivity contribution in [3.05, 3.63) is 71.8 Å². The standard InChI is InChI=1S/C18H11ClS/c19-15-9-3-1-6-12(15)13-8-5-11-17-18(13)14-7-2-4-10-16(14)20-17/h1-11H. The molecule has 1 aromatic heterocycles. The molecule has 0 atom stereocenters. The first-order valence-electron chi connectivity index (χ1n) is 6.50. The summed E-state index contributed by atoms with van der Waals surface area (Å²) in [6.45, 7) is 0. The van der Waals surface area contributed by atoms with E-state index in [1.807, 2.05) is 29.5 Å². The third-order valence-corrected chi connectivity index (χ3v) is 5.03. The van der Waals surface area contributed by atoms with Gasteiger partial charge in [-0.05, 0) is 23.8 Å². The van der Waals surface area contributed by atoms with E-state index in [1.165, 1.54) is 25.7 Å². The highest BCUT2D eigenvalue weighted by molar-refractivity contribution is 7.25. The first kappa shape index (κ1) is 12.0. The molecule has 0 aliphatic heterocycles. The molecule has 0 aliphatic rings. The molecule has 0 spiro atoms. The molecule has 4 rings (SSSR count). The lowest BCUT2D eigenvalue weighted by Gasteiger charge is -2.06. The first-order chi connectivity index (χ1) is 9.84. The Morgan fingerprint density at radius 3 is 2.25 bits per heavy atom. The van der Waals surface area contributed by atoms with Crippen molar-refractivity contribution in [2.75, 3.05) is 0 Å². The highest BCUT2D eigenvalue weighted by Crippen LogP contribution is 2.41. The molecule has 0 radical (unpaired) electrons. The number of rotatable bonds is 1. The third-order valence-electron chi connectivity index (χ3n) is 3.57. The molecule has 0 bridgehead atoms. The highest BCUT2D eigenvalue weighted by atomic mass is 35.5. The summed E-state index contributed by atoms with van der Waals surface area (Å²) >= 11 is 8.21. The molecule has 3 aromatic carbocycles. The van der Waals surface area contributed by atoms with Gasteiger partial charge in [0.25, 0.3) is 0 Å². The molecule has 0 saturated heterocycles. The molecule has 0 N–H and O–H groups in total. The van der Waals surface area contributed by atoms with E-state index in [0.717, 1.165) is 10.6 Å². The monoisotopic (exact) mass is 294 g/mol. The van der Waals surface area contributed by atoms with Gasteiger partial charge in [0, 0.05) is 30.8 Å². The van der Waals surface area contributed by atoms with Crippen LogP contribution in [0.3, 0.4) is 0 Å². The largest absolute Gasteiger partial charge is 0.135 e. The summed E-state index contributed by atoms with van der Waals surface area (Å²) < 4.78 is 2.63. The normalized spacial score (nSPS) is 11.2. The summed E-state index contributed by atoms with van der Waals surface area (Å²) in [7, 11) is 0. The zero-order chi connectivity index (χ0) is 13.5. The van der Waals surface area contributed by atoms with Crippen molar-refractivity contribution in [1.82, 2.24) is 0 Å². The van der Waals surface area contributed by atoms with Gasteiger partial charge in [-0.25, -0.2) is 0 Å². The molecule has 0 saturated carbocycles. The maximum Gasteiger partial charge on any atom is 0.0484 e. The molecule has 2 heteroatoms. The summed E-state index contributed by atoms with van der Waals surface area (Å²) in [6, 6.07) is 23.0. The zero-order valence-corrected chi connectivity index (χ0v) is 12.2. The molecule has 0 aliphatic carbocycles. The van der Waals surface area contributed by atoms with Gasteiger partial charge in [-0.1, -0.05) is 60.1 Å². The quantitative estimate of drug-likeness (QED) is 0.382. The lowest BCUT2D eigenvalue weighted by Crippen LogP contribution is -1.80. The van der Waals surface area contributed by atoms with Crippen molar-refractivity contribution in [3.63, 3.8) is 0 Å². The Morgan fingerprint density at radius 1 is 0.650 bits per heavy atom. The van der Waals surface area contributed by atoms with Crippen molar-refractivity contribution in [2.45, 2.75) is 0 Å². The average molecular weight is 295 g/mol. The Bertz CT molecular complexity index is 921. The van der Waals surface area contributed by atoms with Crippen LogP contribution >= 0.6 is 22.9 Å². The summed E-state index contributed by atoms with van der Waals surface area (Å²) in [5.41, 5.74) is 2.31. The second-order valence-electron chi connectivity index (χ2n) is 4.76. The molecule has 20 heavy (non-hydrogen) atoms. The Kier molecular flexibility index (Phi) is 2.76. The molecule has 0 fully saturated rings. The Labute approximate surface area is 126 Å². The molecule has 0 unspecified atom stereocenters. The molecule has 1 heterocycles. The summed E-state index contributed by atoms with van der Waals surface area (Å²) in [5, 5.41) is 3.42. The molecular weight excluding hydrogens is 284 g/mol. The first-order valence-corrected chi connectivity index (χ1v) is 7.69.